The van der Waals surface area contributed by atoms with Gasteiger partial charge in [0, 0.05) is 19.7 Å². The van der Waals surface area contributed by atoms with Gasteiger partial charge in [-0.3, -0.25) is 14.9 Å². The summed E-state index contributed by atoms with van der Waals surface area (Å²) < 4.78 is 5.33. The van der Waals surface area contributed by atoms with E-state index in [-0.39, 0.29) is 18.1 Å². The average Bonchev–Trinajstić information content (AvgIpc) is 2.36. The zero-order valence-electron chi connectivity index (χ0n) is 10.6. The number of ether oxygens (including phenoxy) is 1. The highest BCUT2D eigenvalue weighted by Gasteiger charge is 2.14. The summed E-state index contributed by atoms with van der Waals surface area (Å²) in [6.07, 6.45) is 1.41. The molecule has 0 aromatic carbocycles. The van der Waals surface area contributed by atoms with Gasteiger partial charge in [0.05, 0.1) is 22.4 Å². The quantitative estimate of drug-likeness (QED) is 0.451. The molecule has 19 heavy (non-hydrogen) atoms. The summed E-state index contributed by atoms with van der Waals surface area (Å²) in [7, 11) is 1.75. The number of carbonyl (C=O) groups excluding carboxylic acids is 1. The van der Waals surface area contributed by atoms with Crippen molar-refractivity contribution in [2.24, 2.45) is 0 Å². The molecule has 0 bridgehead atoms. The van der Waals surface area contributed by atoms with Gasteiger partial charge in [0.2, 0.25) is 0 Å². The third kappa shape index (κ3) is 4.47. The number of nitro groups is 1. The predicted octanol–water partition coefficient (Wildman–Crippen LogP) is 2.14. The largest absolute Gasteiger partial charge is 0.466 e. The van der Waals surface area contributed by atoms with E-state index < -0.39 is 4.92 Å². The number of carbonyl (C=O) groups is 1. The van der Waals surface area contributed by atoms with E-state index in [4.69, 9.17) is 4.74 Å². The molecular formula is C11H14BrN3O4. The van der Waals surface area contributed by atoms with Crippen LogP contribution in [0.15, 0.2) is 16.7 Å². The summed E-state index contributed by atoms with van der Waals surface area (Å²) >= 11 is 3.23. The number of halogens is 1. The Morgan fingerprint density at radius 2 is 2.32 bits per heavy atom. The summed E-state index contributed by atoms with van der Waals surface area (Å²) in [5, 5.41) is 10.6. The lowest BCUT2D eigenvalue weighted by Gasteiger charge is -2.18. The Morgan fingerprint density at radius 1 is 1.63 bits per heavy atom. The molecule has 0 saturated carbocycles. The number of hydrogen-bond acceptors (Lipinski definition) is 6. The van der Waals surface area contributed by atoms with Crippen LogP contribution < -0.4 is 4.90 Å². The van der Waals surface area contributed by atoms with E-state index in [0.29, 0.717) is 23.4 Å². The first-order chi connectivity index (χ1) is 8.95. The molecule has 0 saturated heterocycles. The standard InChI is InChI=1S/C11H14BrN3O4/c1-3-19-10(16)4-5-14(2)11-9(12)6-8(7-13-11)15(17)18/h6-7H,3-5H2,1-2H3. The highest BCUT2D eigenvalue weighted by molar-refractivity contribution is 9.10. The molecule has 0 spiro atoms. The van der Waals surface area contributed by atoms with Crippen LogP contribution in [0.1, 0.15) is 13.3 Å². The van der Waals surface area contributed by atoms with Gasteiger partial charge in [-0.25, -0.2) is 4.98 Å². The topological polar surface area (TPSA) is 85.6 Å². The second-order valence-electron chi connectivity index (χ2n) is 3.73. The van der Waals surface area contributed by atoms with Crippen LogP contribution in [0.25, 0.3) is 0 Å². The minimum Gasteiger partial charge on any atom is -0.466 e. The molecule has 0 unspecified atom stereocenters. The third-order valence-electron chi connectivity index (χ3n) is 2.34. The van der Waals surface area contributed by atoms with E-state index in [9.17, 15) is 14.9 Å². The minimum atomic E-state index is -0.514. The van der Waals surface area contributed by atoms with Crippen LogP contribution in [0.2, 0.25) is 0 Å². The maximum Gasteiger partial charge on any atom is 0.307 e. The Bertz CT molecular complexity index is 481. The van der Waals surface area contributed by atoms with Gasteiger partial charge >= 0.3 is 5.97 Å². The predicted molar refractivity (Wildman–Crippen MR) is 73.1 cm³/mol. The lowest BCUT2D eigenvalue weighted by atomic mass is 10.3. The van der Waals surface area contributed by atoms with Crippen molar-refractivity contribution >= 4 is 33.4 Å². The smallest absolute Gasteiger partial charge is 0.307 e. The van der Waals surface area contributed by atoms with Crippen LogP contribution in [0, 0.1) is 10.1 Å². The fraction of sp³-hybridized carbons (Fsp3) is 0.455. The average molecular weight is 332 g/mol. The van der Waals surface area contributed by atoms with Crippen molar-refractivity contribution in [1.29, 1.82) is 0 Å². The maximum absolute atomic E-state index is 11.2. The van der Waals surface area contributed by atoms with Gasteiger partial charge in [-0.05, 0) is 22.9 Å². The maximum atomic E-state index is 11.2. The molecule has 1 aromatic heterocycles. The number of anilines is 1. The second-order valence-corrected chi connectivity index (χ2v) is 4.59. The first-order valence-electron chi connectivity index (χ1n) is 5.62. The van der Waals surface area contributed by atoms with E-state index in [1.807, 2.05) is 0 Å². The SMILES string of the molecule is CCOC(=O)CCN(C)c1ncc([N+](=O)[O-])cc1Br. The van der Waals surface area contributed by atoms with E-state index >= 15 is 0 Å². The normalized spacial score (nSPS) is 10.1. The van der Waals surface area contributed by atoms with Crippen LogP contribution >= 0.6 is 15.9 Å². The van der Waals surface area contributed by atoms with Crippen LogP contribution in [0.5, 0.6) is 0 Å². The lowest BCUT2D eigenvalue weighted by molar-refractivity contribution is -0.385. The van der Waals surface area contributed by atoms with Crippen molar-refractivity contribution in [3.05, 3.63) is 26.9 Å². The van der Waals surface area contributed by atoms with Gasteiger partial charge in [0.1, 0.15) is 12.0 Å². The van der Waals surface area contributed by atoms with Crippen LogP contribution in [-0.2, 0) is 9.53 Å². The first kappa shape index (κ1) is 15.4. The molecular weight excluding hydrogens is 318 g/mol. The lowest BCUT2D eigenvalue weighted by Crippen LogP contribution is -2.23. The summed E-state index contributed by atoms with van der Waals surface area (Å²) in [6, 6.07) is 1.38. The van der Waals surface area contributed by atoms with E-state index in [1.165, 1.54) is 12.3 Å². The van der Waals surface area contributed by atoms with Crippen LogP contribution in [0.4, 0.5) is 11.5 Å². The molecule has 0 aliphatic heterocycles. The zero-order chi connectivity index (χ0) is 14.4. The number of rotatable bonds is 6. The number of aromatic nitrogens is 1. The number of nitrogens with zero attached hydrogens (tertiary/aromatic N) is 3. The van der Waals surface area contributed by atoms with Crippen molar-refractivity contribution in [2.75, 3.05) is 25.1 Å². The van der Waals surface area contributed by atoms with Crippen LogP contribution in [0.3, 0.4) is 0 Å². The van der Waals surface area contributed by atoms with Crippen molar-refractivity contribution in [3.8, 4) is 0 Å². The summed E-state index contributed by atoms with van der Waals surface area (Å²) in [6.45, 7) is 2.51. The van der Waals surface area contributed by atoms with Gasteiger partial charge in [-0.1, -0.05) is 0 Å². The molecule has 0 radical (unpaired) electrons. The van der Waals surface area contributed by atoms with Crippen molar-refractivity contribution in [3.63, 3.8) is 0 Å². The Morgan fingerprint density at radius 3 is 2.84 bits per heavy atom. The van der Waals surface area contributed by atoms with Crippen LogP contribution in [-0.4, -0.2) is 36.1 Å². The fourth-order valence-electron chi connectivity index (χ4n) is 1.40. The molecule has 1 aromatic rings. The molecule has 0 atom stereocenters. The van der Waals surface area contributed by atoms with Gasteiger partial charge < -0.3 is 9.64 Å². The van der Waals surface area contributed by atoms with E-state index in [1.54, 1.807) is 18.9 Å². The molecule has 1 rings (SSSR count). The van der Waals surface area contributed by atoms with Gasteiger partial charge in [-0.2, -0.15) is 0 Å². The van der Waals surface area contributed by atoms with E-state index in [0.717, 1.165) is 0 Å². The number of esters is 1. The molecule has 0 fully saturated rings. The fourth-order valence-corrected chi connectivity index (χ4v) is 2.04. The van der Waals surface area contributed by atoms with Crippen molar-refractivity contribution < 1.29 is 14.5 Å². The van der Waals surface area contributed by atoms with Crippen molar-refractivity contribution in [1.82, 2.24) is 4.98 Å². The highest BCUT2D eigenvalue weighted by atomic mass is 79.9. The third-order valence-corrected chi connectivity index (χ3v) is 2.92. The molecule has 0 aliphatic carbocycles. The summed E-state index contributed by atoms with van der Waals surface area (Å²) in [5.41, 5.74) is -0.0885. The molecule has 7 nitrogen and oxygen atoms in total. The van der Waals surface area contributed by atoms with Gasteiger partial charge in [0.15, 0.2) is 0 Å². The minimum absolute atomic E-state index is 0.0885. The number of pyridine rings is 1. The molecule has 0 N–H and O–H groups in total. The molecule has 8 heteroatoms. The Balaban J connectivity index is 2.69. The molecule has 0 aliphatic rings. The molecule has 1 heterocycles. The Labute approximate surface area is 118 Å². The molecule has 104 valence electrons. The molecule has 0 amide bonds. The Kier molecular flexibility index (Phi) is 5.68. The van der Waals surface area contributed by atoms with Gasteiger partial charge in [0.25, 0.3) is 5.69 Å². The first-order valence-corrected chi connectivity index (χ1v) is 6.41. The van der Waals surface area contributed by atoms with Crippen molar-refractivity contribution in [2.45, 2.75) is 13.3 Å². The number of hydrogen-bond donors (Lipinski definition) is 0. The summed E-state index contributed by atoms with van der Waals surface area (Å²) in [5.74, 6) is 0.252. The monoisotopic (exact) mass is 331 g/mol. The summed E-state index contributed by atoms with van der Waals surface area (Å²) in [4.78, 5) is 27.0. The Hall–Kier alpha value is -1.70. The zero-order valence-corrected chi connectivity index (χ0v) is 12.2. The van der Waals surface area contributed by atoms with E-state index in [2.05, 4.69) is 20.9 Å². The second kappa shape index (κ2) is 7.03. The highest BCUT2D eigenvalue weighted by Crippen LogP contribution is 2.26. The van der Waals surface area contributed by atoms with Gasteiger partial charge in [-0.15, -0.1) is 0 Å².